The predicted molar refractivity (Wildman–Crippen MR) is 86.0 cm³/mol. The van der Waals surface area contributed by atoms with E-state index in [2.05, 4.69) is 52.2 Å². The van der Waals surface area contributed by atoms with Crippen molar-refractivity contribution in [3.8, 4) is 0 Å². The lowest BCUT2D eigenvalue weighted by Crippen LogP contribution is -2.35. The summed E-state index contributed by atoms with van der Waals surface area (Å²) < 4.78 is 0. The van der Waals surface area contributed by atoms with E-state index in [1.165, 1.54) is 41.9 Å². The van der Waals surface area contributed by atoms with Crippen LogP contribution in [0.5, 0.6) is 0 Å². The van der Waals surface area contributed by atoms with E-state index >= 15 is 0 Å². The Morgan fingerprint density at radius 2 is 1.79 bits per heavy atom. The van der Waals surface area contributed by atoms with Gasteiger partial charge >= 0.3 is 0 Å². The molecule has 1 saturated carbocycles. The quantitative estimate of drug-likeness (QED) is 0.794. The number of rotatable bonds is 3. The molecule has 1 fully saturated rings. The Hall–Kier alpha value is -0.340. The van der Waals surface area contributed by atoms with Gasteiger partial charge in [-0.15, -0.1) is 11.3 Å². The van der Waals surface area contributed by atoms with Crippen molar-refractivity contribution in [1.82, 2.24) is 5.32 Å². The smallest absolute Gasteiger partial charge is 0.0466 e. The Morgan fingerprint density at radius 1 is 1.16 bits per heavy atom. The van der Waals surface area contributed by atoms with Crippen LogP contribution in [0.2, 0.25) is 0 Å². The summed E-state index contributed by atoms with van der Waals surface area (Å²) >= 11 is 2.00. The molecule has 0 aliphatic heterocycles. The normalized spacial score (nSPS) is 21.3. The van der Waals surface area contributed by atoms with Crippen molar-refractivity contribution in [1.29, 1.82) is 0 Å². The highest BCUT2D eigenvalue weighted by Gasteiger charge is 2.36. The molecule has 0 amide bonds. The first kappa shape index (κ1) is 15.1. The van der Waals surface area contributed by atoms with Crippen molar-refractivity contribution in [3.63, 3.8) is 0 Å². The molecule has 1 aliphatic rings. The maximum atomic E-state index is 3.60. The van der Waals surface area contributed by atoms with Crippen LogP contribution in [0.1, 0.15) is 75.6 Å². The minimum atomic E-state index is 0.272. The van der Waals surface area contributed by atoms with Crippen molar-refractivity contribution < 1.29 is 0 Å². The van der Waals surface area contributed by atoms with Crippen LogP contribution >= 0.6 is 11.3 Å². The Morgan fingerprint density at radius 3 is 2.26 bits per heavy atom. The van der Waals surface area contributed by atoms with Gasteiger partial charge in [0, 0.05) is 15.8 Å². The minimum absolute atomic E-state index is 0.272. The number of hydrogen-bond donors (Lipinski definition) is 1. The van der Waals surface area contributed by atoms with Crippen molar-refractivity contribution in [2.45, 2.75) is 71.3 Å². The van der Waals surface area contributed by atoms with E-state index in [0.717, 1.165) is 0 Å². The molecule has 0 radical (unpaired) electrons. The van der Waals surface area contributed by atoms with Gasteiger partial charge in [0.25, 0.3) is 0 Å². The molecule has 0 bridgehead atoms. The summed E-state index contributed by atoms with van der Waals surface area (Å²) in [5, 5.41) is 3.60. The van der Waals surface area contributed by atoms with Gasteiger partial charge in [-0.25, -0.2) is 0 Å². The zero-order chi connectivity index (χ0) is 14.1. The average Bonchev–Trinajstić information content (AvgIpc) is 2.79. The van der Waals surface area contributed by atoms with E-state index in [9.17, 15) is 0 Å². The van der Waals surface area contributed by atoms with Gasteiger partial charge in [-0.1, -0.05) is 47.0 Å². The fraction of sp³-hybridized carbons (Fsp3) is 0.765. The SMILES string of the molecule is CNC(c1ccc(C(C)(C)C)s1)C1(C)CCCCC1. The highest BCUT2D eigenvalue weighted by atomic mass is 32.1. The lowest BCUT2D eigenvalue weighted by Gasteiger charge is -2.40. The van der Waals surface area contributed by atoms with Gasteiger partial charge < -0.3 is 5.32 Å². The maximum absolute atomic E-state index is 3.60. The Bertz CT molecular complexity index is 407. The summed E-state index contributed by atoms with van der Waals surface area (Å²) in [6.45, 7) is 9.39. The third-order valence-corrected chi connectivity index (χ3v) is 6.21. The predicted octanol–water partition coefficient (Wildman–Crippen LogP) is 5.28. The second-order valence-corrected chi connectivity index (χ2v) is 8.50. The summed E-state index contributed by atoms with van der Waals surface area (Å²) in [4.78, 5) is 3.03. The molecule has 0 aromatic carbocycles. The van der Waals surface area contributed by atoms with Crippen LogP contribution in [0.15, 0.2) is 12.1 Å². The Kier molecular flexibility index (Phi) is 4.42. The first-order valence-electron chi connectivity index (χ1n) is 7.64. The lowest BCUT2D eigenvalue weighted by molar-refractivity contribution is 0.152. The number of nitrogens with one attached hydrogen (secondary N) is 1. The van der Waals surface area contributed by atoms with Crippen LogP contribution in [0.4, 0.5) is 0 Å². The largest absolute Gasteiger partial charge is 0.312 e. The zero-order valence-corrected chi connectivity index (χ0v) is 14.0. The molecule has 1 N–H and O–H groups in total. The highest BCUT2D eigenvalue weighted by molar-refractivity contribution is 7.12. The fourth-order valence-electron chi connectivity index (χ4n) is 3.39. The molecule has 1 unspecified atom stereocenters. The molecule has 0 spiro atoms. The van der Waals surface area contributed by atoms with E-state index in [-0.39, 0.29) is 5.41 Å². The molecule has 19 heavy (non-hydrogen) atoms. The Balaban J connectivity index is 2.24. The first-order chi connectivity index (χ1) is 8.87. The van der Waals surface area contributed by atoms with Gasteiger partial charge in [0.2, 0.25) is 0 Å². The number of thiophene rings is 1. The van der Waals surface area contributed by atoms with E-state index < -0.39 is 0 Å². The van der Waals surface area contributed by atoms with Gasteiger partial charge in [0.15, 0.2) is 0 Å². The van der Waals surface area contributed by atoms with Crippen molar-refractivity contribution in [3.05, 3.63) is 21.9 Å². The molecule has 1 aliphatic carbocycles. The molecule has 1 nitrogen and oxygen atoms in total. The molecule has 1 heterocycles. The summed E-state index contributed by atoms with van der Waals surface area (Å²) in [7, 11) is 2.13. The second-order valence-electron chi connectivity index (χ2n) is 7.39. The molecule has 1 atom stereocenters. The molecule has 0 saturated heterocycles. The van der Waals surface area contributed by atoms with E-state index in [4.69, 9.17) is 0 Å². The summed E-state index contributed by atoms with van der Waals surface area (Å²) in [6, 6.07) is 5.21. The van der Waals surface area contributed by atoms with Crippen LogP contribution in [0.3, 0.4) is 0 Å². The fourth-order valence-corrected chi connectivity index (χ4v) is 4.75. The van der Waals surface area contributed by atoms with Gasteiger partial charge in [0.1, 0.15) is 0 Å². The molecule has 1 aromatic rings. The third kappa shape index (κ3) is 3.22. The molecule has 108 valence electrons. The lowest BCUT2D eigenvalue weighted by atomic mass is 9.70. The standard InChI is InChI=1S/C17H29NS/c1-16(2,3)14-10-9-13(19-14)15(18-5)17(4)11-7-6-8-12-17/h9-10,15,18H,6-8,11-12H2,1-5H3. The van der Waals surface area contributed by atoms with Crippen LogP contribution < -0.4 is 5.32 Å². The van der Waals surface area contributed by atoms with E-state index in [1.807, 2.05) is 11.3 Å². The van der Waals surface area contributed by atoms with Crippen LogP contribution in [-0.4, -0.2) is 7.05 Å². The first-order valence-corrected chi connectivity index (χ1v) is 8.46. The van der Waals surface area contributed by atoms with Crippen LogP contribution in [0, 0.1) is 5.41 Å². The topological polar surface area (TPSA) is 12.0 Å². The van der Waals surface area contributed by atoms with Crippen molar-refractivity contribution in [2.24, 2.45) is 5.41 Å². The average molecular weight is 279 g/mol. The highest BCUT2D eigenvalue weighted by Crippen LogP contribution is 2.47. The van der Waals surface area contributed by atoms with Crippen LogP contribution in [0.25, 0.3) is 0 Å². The van der Waals surface area contributed by atoms with Crippen molar-refractivity contribution >= 4 is 11.3 Å². The second kappa shape index (κ2) is 5.57. The van der Waals surface area contributed by atoms with Gasteiger partial charge in [0.05, 0.1) is 0 Å². The molecule has 1 aromatic heterocycles. The van der Waals surface area contributed by atoms with E-state index in [1.54, 1.807) is 0 Å². The third-order valence-electron chi connectivity index (χ3n) is 4.63. The summed E-state index contributed by atoms with van der Waals surface area (Å²) in [6.07, 6.45) is 6.94. The minimum Gasteiger partial charge on any atom is -0.312 e. The molecular weight excluding hydrogens is 250 g/mol. The zero-order valence-electron chi connectivity index (χ0n) is 13.2. The summed E-state index contributed by atoms with van der Waals surface area (Å²) in [5.41, 5.74) is 0.710. The van der Waals surface area contributed by atoms with Gasteiger partial charge in [-0.2, -0.15) is 0 Å². The van der Waals surface area contributed by atoms with Gasteiger partial charge in [-0.05, 0) is 42.9 Å². The summed E-state index contributed by atoms with van der Waals surface area (Å²) in [5.74, 6) is 0. The van der Waals surface area contributed by atoms with Crippen molar-refractivity contribution in [2.75, 3.05) is 7.05 Å². The Labute approximate surface area is 122 Å². The van der Waals surface area contributed by atoms with Crippen LogP contribution in [-0.2, 0) is 5.41 Å². The monoisotopic (exact) mass is 279 g/mol. The van der Waals surface area contributed by atoms with Gasteiger partial charge in [-0.3, -0.25) is 0 Å². The molecule has 2 heteroatoms. The maximum Gasteiger partial charge on any atom is 0.0466 e. The molecular formula is C17H29NS. The van der Waals surface area contributed by atoms with E-state index in [0.29, 0.717) is 11.5 Å². The molecule has 2 rings (SSSR count). The number of hydrogen-bond acceptors (Lipinski definition) is 2.